The van der Waals surface area contributed by atoms with Gasteiger partial charge in [-0.15, -0.1) is 22.0 Å². The predicted molar refractivity (Wildman–Crippen MR) is 114 cm³/mol. The molecule has 5 nitrogen and oxygen atoms in total. The minimum Gasteiger partial charge on any atom is -0.325 e. The van der Waals surface area contributed by atoms with Gasteiger partial charge in [0.2, 0.25) is 5.91 Å². The van der Waals surface area contributed by atoms with Crippen molar-refractivity contribution in [2.45, 2.75) is 11.8 Å². The number of anilines is 1. The van der Waals surface area contributed by atoms with Gasteiger partial charge in [0, 0.05) is 15.6 Å². The Morgan fingerprint density at radius 2 is 1.72 bits per heavy atom. The molecule has 8 heteroatoms. The van der Waals surface area contributed by atoms with Gasteiger partial charge in [0.25, 0.3) is 0 Å². The second-order valence-corrected chi connectivity index (χ2v) is 7.90. The maximum Gasteiger partial charge on any atom is 0.234 e. The molecule has 0 unspecified atom stereocenters. The van der Waals surface area contributed by atoms with E-state index in [0.717, 1.165) is 10.5 Å². The number of fused-ring (bicyclic) bond motifs is 1. The highest BCUT2D eigenvalue weighted by atomic mass is 35.5. The molecule has 0 saturated carbocycles. The van der Waals surface area contributed by atoms with Gasteiger partial charge < -0.3 is 5.32 Å². The molecule has 146 valence electrons. The molecule has 1 aromatic heterocycles. The van der Waals surface area contributed by atoms with Gasteiger partial charge in [-0.1, -0.05) is 11.6 Å². The molecule has 0 saturated heterocycles. The number of nitrogens with zero attached hydrogens (tertiary/aromatic N) is 3. The zero-order chi connectivity index (χ0) is 20.4. The maximum absolute atomic E-state index is 13.1. The van der Waals surface area contributed by atoms with Crippen LogP contribution in [0.1, 0.15) is 5.56 Å². The average molecular weight is 427 g/mol. The van der Waals surface area contributed by atoms with Crippen LogP contribution >= 0.6 is 23.4 Å². The third kappa shape index (κ3) is 4.58. The van der Waals surface area contributed by atoms with Crippen LogP contribution in [0.2, 0.25) is 5.02 Å². The first-order chi connectivity index (χ1) is 14.0. The largest absolute Gasteiger partial charge is 0.325 e. The lowest BCUT2D eigenvalue weighted by molar-refractivity contribution is -0.113. The van der Waals surface area contributed by atoms with Gasteiger partial charge in [0.15, 0.2) is 0 Å². The second-order valence-electron chi connectivity index (χ2n) is 6.41. The molecule has 4 aromatic rings. The molecule has 0 spiro atoms. The second kappa shape index (κ2) is 8.23. The molecular formula is C21H16ClFN4OS. The summed E-state index contributed by atoms with van der Waals surface area (Å²) in [6, 6.07) is 16.9. The molecule has 0 aliphatic heterocycles. The van der Waals surface area contributed by atoms with Crippen LogP contribution in [0.25, 0.3) is 16.7 Å². The Morgan fingerprint density at radius 1 is 1.07 bits per heavy atom. The third-order valence-corrected chi connectivity index (χ3v) is 5.51. The molecule has 0 radical (unpaired) electrons. The first-order valence-corrected chi connectivity index (χ1v) is 10.2. The van der Waals surface area contributed by atoms with Gasteiger partial charge in [-0.05, 0) is 73.2 Å². The number of carbonyl (C=O) groups is 1. The van der Waals surface area contributed by atoms with Crippen molar-refractivity contribution in [3.8, 4) is 5.69 Å². The summed E-state index contributed by atoms with van der Waals surface area (Å²) in [4.78, 5) is 14.8. The molecule has 1 heterocycles. The summed E-state index contributed by atoms with van der Waals surface area (Å²) >= 11 is 7.31. The van der Waals surface area contributed by atoms with Gasteiger partial charge in [0.05, 0.1) is 11.4 Å². The van der Waals surface area contributed by atoms with Crippen molar-refractivity contribution in [3.63, 3.8) is 0 Å². The number of thioether (sulfide) groups is 1. The van der Waals surface area contributed by atoms with Crippen LogP contribution in [0.15, 0.2) is 65.6 Å². The minimum absolute atomic E-state index is 0.113. The van der Waals surface area contributed by atoms with Gasteiger partial charge in [0.1, 0.15) is 16.9 Å². The molecular weight excluding hydrogens is 411 g/mol. The number of carbonyl (C=O) groups excluding carboxylic acids is 1. The highest BCUT2D eigenvalue weighted by molar-refractivity contribution is 8.00. The van der Waals surface area contributed by atoms with E-state index in [-0.39, 0.29) is 17.5 Å². The standard InChI is InChI=1S/C21H16ClFN4OS/c1-13-10-19-20(26-27(25-19)16-6-4-15(23)5-7-16)11-18(13)24-21(28)12-29-17-8-2-14(22)3-9-17/h2-11H,12H2,1H3,(H,24,28). The highest BCUT2D eigenvalue weighted by Crippen LogP contribution is 2.24. The van der Waals surface area contributed by atoms with Crippen LogP contribution < -0.4 is 5.32 Å². The van der Waals surface area contributed by atoms with Crippen LogP contribution in [0, 0.1) is 12.7 Å². The number of amides is 1. The van der Waals surface area contributed by atoms with E-state index in [1.807, 2.05) is 25.1 Å². The Hall–Kier alpha value is -2.90. The fraction of sp³-hybridized carbons (Fsp3) is 0.0952. The van der Waals surface area contributed by atoms with E-state index in [4.69, 9.17) is 11.6 Å². The predicted octanol–water partition coefficient (Wildman–Crippen LogP) is 5.25. The SMILES string of the molecule is Cc1cc2nn(-c3ccc(F)cc3)nc2cc1NC(=O)CSc1ccc(Cl)cc1. The fourth-order valence-electron chi connectivity index (χ4n) is 2.76. The molecule has 0 aliphatic rings. The Balaban J connectivity index is 1.49. The monoisotopic (exact) mass is 426 g/mol. The Bertz CT molecular complexity index is 1180. The summed E-state index contributed by atoms with van der Waals surface area (Å²) in [7, 11) is 0. The van der Waals surface area contributed by atoms with Crippen molar-refractivity contribution in [1.82, 2.24) is 15.0 Å². The van der Waals surface area contributed by atoms with Gasteiger partial charge in [-0.2, -0.15) is 4.80 Å². The van der Waals surface area contributed by atoms with Crippen molar-refractivity contribution in [3.05, 3.63) is 77.1 Å². The number of hydrogen-bond donors (Lipinski definition) is 1. The molecule has 3 aromatic carbocycles. The molecule has 0 bridgehead atoms. The smallest absolute Gasteiger partial charge is 0.234 e. The lowest BCUT2D eigenvalue weighted by atomic mass is 10.2. The fourth-order valence-corrected chi connectivity index (χ4v) is 3.58. The number of aromatic nitrogens is 3. The summed E-state index contributed by atoms with van der Waals surface area (Å²) < 4.78 is 13.1. The van der Waals surface area contributed by atoms with E-state index in [0.29, 0.717) is 27.4 Å². The quantitative estimate of drug-likeness (QED) is 0.442. The van der Waals surface area contributed by atoms with Gasteiger partial charge >= 0.3 is 0 Å². The Morgan fingerprint density at radius 3 is 2.41 bits per heavy atom. The molecule has 1 amide bonds. The topological polar surface area (TPSA) is 59.8 Å². The van der Waals surface area contributed by atoms with Crippen molar-refractivity contribution in [1.29, 1.82) is 0 Å². The van der Waals surface area contributed by atoms with E-state index in [1.54, 1.807) is 30.3 Å². The number of nitrogens with one attached hydrogen (secondary N) is 1. The van der Waals surface area contributed by atoms with Crippen molar-refractivity contribution >= 4 is 46.0 Å². The van der Waals surface area contributed by atoms with E-state index in [1.165, 1.54) is 28.7 Å². The molecule has 0 atom stereocenters. The summed E-state index contributed by atoms with van der Waals surface area (Å²) in [6.45, 7) is 1.90. The zero-order valence-corrected chi connectivity index (χ0v) is 17.0. The lowest BCUT2D eigenvalue weighted by Crippen LogP contribution is -2.14. The maximum atomic E-state index is 13.1. The Kier molecular flexibility index (Phi) is 5.51. The number of halogens is 2. The average Bonchev–Trinajstić information content (AvgIpc) is 3.11. The van der Waals surface area contributed by atoms with Crippen molar-refractivity contribution in [2.24, 2.45) is 0 Å². The van der Waals surface area contributed by atoms with E-state index >= 15 is 0 Å². The van der Waals surface area contributed by atoms with E-state index in [2.05, 4.69) is 15.5 Å². The summed E-state index contributed by atoms with van der Waals surface area (Å²) in [5.74, 6) is -0.150. The van der Waals surface area contributed by atoms with Crippen molar-refractivity contribution in [2.75, 3.05) is 11.1 Å². The summed E-state index contributed by atoms with van der Waals surface area (Å²) in [5.41, 5.74) is 3.56. The normalized spacial score (nSPS) is 11.0. The van der Waals surface area contributed by atoms with Gasteiger partial charge in [-0.25, -0.2) is 4.39 Å². The van der Waals surface area contributed by atoms with Crippen LogP contribution in [-0.2, 0) is 4.79 Å². The van der Waals surface area contributed by atoms with Crippen LogP contribution in [-0.4, -0.2) is 26.7 Å². The molecule has 29 heavy (non-hydrogen) atoms. The number of rotatable bonds is 5. The van der Waals surface area contributed by atoms with Crippen LogP contribution in [0.3, 0.4) is 0 Å². The molecule has 4 rings (SSSR count). The molecule has 0 aliphatic carbocycles. The summed E-state index contributed by atoms with van der Waals surface area (Å²) in [6.07, 6.45) is 0. The van der Waals surface area contributed by atoms with Gasteiger partial charge in [-0.3, -0.25) is 4.79 Å². The lowest BCUT2D eigenvalue weighted by Gasteiger charge is -2.08. The highest BCUT2D eigenvalue weighted by Gasteiger charge is 2.11. The van der Waals surface area contributed by atoms with Crippen molar-refractivity contribution < 1.29 is 9.18 Å². The first-order valence-electron chi connectivity index (χ1n) is 8.80. The van der Waals surface area contributed by atoms with E-state index < -0.39 is 0 Å². The first kappa shape index (κ1) is 19.4. The number of benzene rings is 3. The summed E-state index contributed by atoms with van der Waals surface area (Å²) in [5, 5.41) is 12.5. The molecule has 1 N–H and O–H groups in total. The van der Waals surface area contributed by atoms with Crippen LogP contribution in [0.4, 0.5) is 10.1 Å². The molecule has 0 fully saturated rings. The van der Waals surface area contributed by atoms with Crippen LogP contribution in [0.5, 0.6) is 0 Å². The minimum atomic E-state index is -0.317. The van der Waals surface area contributed by atoms with E-state index in [9.17, 15) is 9.18 Å². The Labute approximate surface area is 175 Å². The third-order valence-electron chi connectivity index (χ3n) is 4.24. The zero-order valence-electron chi connectivity index (χ0n) is 15.4. The number of aryl methyl sites for hydroxylation is 1. The number of hydrogen-bond acceptors (Lipinski definition) is 4.